The van der Waals surface area contributed by atoms with Gasteiger partial charge in [0.1, 0.15) is 0 Å². The van der Waals surface area contributed by atoms with Crippen LogP contribution in [0.2, 0.25) is 0 Å². The van der Waals surface area contributed by atoms with Crippen LogP contribution in [0.25, 0.3) is 0 Å². The first kappa shape index (κ1) is 22.2. The molecule has 0 bridgehead atoms. The van der Waals surface area contributed by atoms with Crippen molar-refractivity contribution in [2.75, 3.05) is 20.6 Å². The summed E-state index contributed by atoms with van der Waals surface area (Å²) in [6.45, 7) is 5.25. The van der Waals surface area contributed by atoms with E-state index in [1.54, 1.807) is 11.9 Å². The van der Waals surface area contributed by atoms with Crippen LogP contribution < -0.4 is 10.6 Å². The fourth-order valence-electron chi connectivity index (χ4n) is 1.92. The maximum atomic E-state index is 12.2. The van der Waals surface area contributed by atoms with E-state index in [2.05, 4.69) is 31.6 Å². The number of carbonyl (C=O) groups is 1. The molecule has 0 saturated heterocycles. The number of nitrogens with zero attached hydrogens (tertiary/aromatic N) is 2. The molecule has 1 amide bonds. The normalized spacial score (nSPS) is 11.0. The van der Waals surface area contributed by atoms with E-state index >= 15 is 0 Å². The van der Waals surface area contributed by atoms with E-state index in [9.17, 15) is 4.79 Å². The zero-order chi connectivity index (χ0) is 16.5. The van der Waals surface area contributed by atoms with Gasteiger partial charge in [-0.25, -0.2) is 0 Å². The maximum Gasteiger partial charge on any atom is 0.224 e. The van der Waals surface area contributed by atoms with Crippen molar-refractivity contribution in [2.45, 2.75) is 32.9 Å². The molecule has 0 fully saturated rings. The first-order chi connectivity index (χ1) is 10.4. The number of benzene rings is 1. The van der Waals surface area contributed by atoms with Crippen LogP contribution in [0.5, 0.6) is 0 Å². The van der Waals surface area contributed by atoms with Crippen molar-refractivity contribution in [1.29, 1.82) is 0 Å². The Labute approximate surface area is 164 Å². The van der Waals surface area contributed by atoms with Crippen molar-refractivity contribution in [1.82, 2.24) is 15.5 Å². The summed E-state index contributed by atoms with van der Waals surface area (Å²) in [4.78, 5) is 18.0. The molecule has 23 heavy (non-hydrogen) atoms. The SMILES string of the molecule is CN=C(NCCC(=O)N(C)Cc1ccccc1Br)NC(C)C.I. The lowest BCUT2D eigenvalue weighted by atomic mass is 10.2. The largest absolute Gasteiger partial charge is 0.356 e. The van der Waals surface area contributed by atoms with Crippen LogP contribution in [0, 0.1) is 0 Å². The number of rotatable bonds is 6. The van der Waals surface area contributed by atoms with Crippen LogP contribution in [0.3, 0.4) is 0 Å². The van der Waals surface area contributed by atoms with Crippen LogP contribution in [0.1, 0.15) is 25.8 Å². The molecule has 0 atom stereocenters. The van der Waals surface area contributed by atoms with Gasteiger partial charge >= 0.3 is 0 Å². The van der Waals surface area contributed by atoms with Gasteiger partial charge in [0.2, 0.25) is 5.91 Å². The number of nitrogens with one attached hydrogen (secondary N) is 2. The molecule has 0 saturated carbocycles. The zero-order valence-electron chi connectivity index (χ0n) is 14.1. The number of hydrogen-bond donors (Lipinski definition) is 2. The average molecular weight is 497 g/mol. The number of amides is 1. The van der Waals surface area contributed by atoms with Gasteiger partial charge in [-0.2, -0.15) is 0 Å². The van der Waals surface area contributed by atoms with E-state index < -0.39 is 0 Å². The maximum absolute atomic E-state index is 12.2. The Morgan fingerprint density at radius 2 is 2.00 bits per heavy atom. The topological polar surface area (TPSA) is 56.7 Å². The van der Waals surface area contributed by atoms with Crippen molar-refractivity contribution in [3.05, 3.63) is 34.3 Å². The van der Waals surface area contributed by atoms with Crippen LogP contribution in [0.4, 0.5) is 0 Å². The predicted molar refractivity (Wildman–Crippen MR) is 110 cm³/mol. The van der Waals surface area contributed by atoms with Gasteiger partial charge in [-0.05, 0) is 25.5 Å². The zero-order valence-corrected chi connectivity index (χ0v) is 18.0. The molecule has 1 aromatic rings. The van der Waals surface area contributed by atoms with Crippen LogP contribution in [-0.2, 0) is 11.3 Å². The standard InChI is InChI=1S/C16H25BrN4O.HI/c1-12(2)20-16(18-3)19-10-9-15(22)21(4)11-13-7-5-6-8-14(13)17;/h5-8,12H,9-11H2,1-4H3,(H2,18,19,20);1H. The summed E-state index contributed by atoms with van der Waals surface area (Å²) in [7, 11) is 3.54. The highest BCUT2D eigenvalue weighted by atomic mass is 127. The molecule has 2 N–H and O–H groups in total. The minimum atomic E-state index is 0. The molecule has 0 radical (unpaired) electrons. The molecule has 1 rings (SSSR count). The van der Waals surface area contributed by atoms with Crippen molar-refractivity contribution < 1.29 is 4.79 Å². The fraction of sp³-hybridized carbons (Fsp3) is 0.500. The molecule has 0 aliphatic heterocycles. The molecule has 0 aromatic heterocycles. The summed E-state index contributed by atoms with van der Waals surface area (Å²) in [6, 6.07) is 8.24. The van der Waals surface area contributed by atoms with E-state index in [0.29, 0.717) is 25.6 Å². The Balaban J connectivity index is 0.00000484. The second-order valence-electron chi connectivity index (χ2n) is 5.39. The molecular weight excluding hydrogens is 471 g/mol. The predicted octanol–water partition coefficient (Wildman–Crippen LogP) is 2.99. The van der Waals surface area contributed by atoms with Gasteiger partial charge < -0.3 is 15.5 Å². The van der Waals surface area contributed by atoms with Gasteiger partial charge in [-0.15, -0.1) is 24.0 Å². The number of guanidine groups is 1. The van der Waals surface area contributed by atoms with Gasteiger partial charge in [-0.3, -0.25) is 9.79 Å². The molecule has 0 heterocycles. The van der Waals surface area contributed by atoms with Crippen molar-refractivity contribution in [3.63, 3.8) is 0 Å². The molecule has 0 spiro atoms. The summed E-state index contributed by atoms with van der Waals surface area (Å²) in [5, 5.41) is 6.33. The summed E-state index contributed by atoms with van der Waals surface area (Å²) in [5.74, 6) is 0.819. The van der Waals surface area contributed by atoms with E-state index in [1.165, 1.54) is 0 Å². The average Bonchev–Trinajstić information content (AvgIpc) is 2.47. The van der Waals surface area contributed by atoms with Crippen molar-refractivity contribution in [3.8, 4) is 0 Å². The first-order valence-corrected chi connectivity index (χ1v) is 8.18. The Bertz CT molecular complexity index is 523. The van der Waals surface area contributed by atoms with E-state index in [-0.39, 0.29) is 29.9 Å². The monoisotopic (exact) mass is 496 g/mol. The third-order valence-corrected chi connectivity index (χ3v) is 3.85. The van der Waals surface area contributed by atoms with Crippen molar-refractivity contribution in [2.24, 2.45) is 4.99 Å². The Kier molecular flexibility index (Phi) is 11.2. The van der Waals surface area contributed by atoms with Gasteiger partial charge in [0.15, 0.2) is 5.96 Å². The quantitative estimate of drug-likeness (QED) is 0.361. The third kappa shape index (κ3) is 8.55. The van der Waals surface area contributed by atoms with E-state index in [4.69, 9.17) is 0 Å². The number of halogens is 2. The smallest absolute Gasteiger partial charge is 0.224 e. The lowest BCUT2D eigenvalue weighted by Crippen LogP contribution is -2.42. The highest BCUT2D eigenvalue weighted by Gasteiger charge is 2.11. The lowest BCUT2D eigenvalue weighted by Gasteiger charge is -2.19. The summed E-state index contributed by atoms with van der Waals surface area (Å²) in [6.07, 6.45) is 0.430. The molecular formula is C16H26BrIN4O. The van der Waals surface area contributed by atoms with Crippen LogP contribution in [-0.4, -0.2) is 43.4 Å². The van der Waals surface area contributed by atoms with Gasteiger partial charge in [0, 0.05) is 44.1 Å². The molecule has 0 unspecified atom stereocenters. The Hall–Kier alpha value is -0.830. The highest BCUT2D eigenvalue weighted by molar-refractivity contribution is 14.0. The molecule has 0 aliphatic carbocycles. The third-order valence-electron chi connectivity index (χ3n) is 3.07. The first-order valence-electron chi connectivity index (χ1n) is 7.38. The highest BCUT2D eigenvalue weighted by Crippen LogP contribution is 2.17. The van der Waals surface area contributed by atoms with Gasteiger partial charge in [0.25, 0.3) is 0 Å². The van der Waals surface area contributed by atoms with Crippen LogP contribution >= 0.6 is 39.9 Å². The number of hydrogen-bond acceptors (Lipinski definition) is 2. The second kappa shape index (κ2) is 11.7. The molecule has 130 valence electrons. The Morgan fingerprint density at radius 1 is 1.35 bits per heavy atom. The minimum Gasteiger partial charge on any atom is -0.356 e. The molecule has 7 heteroatoms. The summed E-state index contributed by atoms with van der Waals surface area (Å²) < 4.78 is 1.02. The second-order valence-corrected chi connectivity index (χ2v) is 6.24. The summed E-state index contributed by atoms with van der Waals surface area (Å²) in [5.41, 5.74) is 1.10. The van der Waals surface area contributed by atoms with E-state index in [1.807, 2.05) is 45.2 Å². The fourth-order valence-corrected chi connectivity index (χ4v) is 2.33. The number of aliphatic imine (C=N–C) groups is 1. The number of carbonyl (C=O) groups excluding carboxylic acids is 1. The molecule has 1 aromatic carbocycles. The van der Waals surface area contributed by atoms with Crippen molar-refractivity contribution >= 4 is 51.8 Å². The molecule has 5 nitrogen and oxygen atoms in total. The Morgan fingerprint density at radius 3 is 2.57 bits per heavy atom. The van der Waals surface area contributed by atoms with E-state index in [0.717, 1.165) is 16.0 Å². The van der Waals surface area contributed by atoms with Gasteiger partial charge in [-0.1, -0.05) is 34.1 Å². The van der Waals surface area contributed by atoms with Crippen LogP contribution in [0.15, 0.2) is 33.7 Å². The lowest BCUT2D eigenvalue weighted by molar-refractivity contribution is -0.130. The minimum absolute atomic E-state index is 0. The summed E-state index contributed by atoms with van der Waals surface area (Å²) >= 11 is 3.50. The molecule has 0 aliphatic rings. The van der Waals surface area contributed by atoms with Gasteiger partial charge in [0.05, 0.1) is 0 Å².